The van der Waals surface area contributed by atoms with Crippen LogP contribution >= 0.6 is 0 Å². The standard InChI is InChI=1S/C23H24N4O3/c1-27-19-5-3-2-4-18(19)25-20(27)13-17-16-7-6-15(21(28)26-30)12-14(16)8-9-23(17)10-11-24-22(23)29/h2-7,12,17,30H,8-11,13H2,1H3,(H,24,29)(H,26,28)/t17?,23-/m1/s1. The van der Waals surface area contributed by atoms with E-state index in [0.717, 1.165) is 47.2 Å². The van der Waals surface area contributed by atoms with E-state index < -0.39 is 11.3 Å². The summed E-state index contributed by atoms with van der Waals surface area (Å²) in [5.74, 6) is 0.522. The van der Waals surface area contributed by atoms with Crippen LogP contribution in [0.4, 0.5) is 0 Å². The first kappa shape index (κ1) is 18.8. The van der Waals surface area contributed by atoms with E-state index in [1.807, 2.05) is 37.4 Å². The molecule has 0 radical (unpaired) electrons. The van der Waals surface area contributed by atoms with Gasteiger partial charge in [0.2, 0.25) is 5.91 Å². The van der Waals surface area contributed by atoms with Crippen molar-refractivity contribution in [3.63, 3.8) is 0 Å². The maximum Gasteiger partial charge on any atom is 0.274 e. The van der Waals surface area contributed by atoms with Crippen LogP contribution in [0.2, 0.25) is 0 Å². The Hall–Kier alpha value is -3.19. The van der Waals surface area contributed by atoms with Crippen molar-refractivity contribution in [2.75, 3.05) is 6.54 Å². The first-order valence-electron chi connectivity index (χ1n) is 10.3. The Morgan fingerprint density at radius 3 is 2.87 bits per heavy atom. The first-order chi connectivity index (χ1) is 14.5. The third kappa shape index (κ3) is 2.73. The molecule has 2 heterocycles. The van der Waals surface area contributed by atoms with Gasteiger partial charge < -0.3 is 9.88 Å². The molecule has 1 fully saturated rings. The molecular weight excluding hydrogens is 380 g/mol. The highest BCUT2D eigenvalue weighted by molar-refractivity contribution is 5.94. The van der Waals surface area contributed by atoms with Crippen LogP contribution in [0.15, 0.2) is 42.5 Å². The number of amides is 2. The molecule has 1 aromatic heterocycles. The summed E-state index contributed by atoms with van der Waals surface area (Å²) in [6.07, 6.45) is 2.93. The van der Waals surface area contributed by atoms with Gasteiger partial charge in [0.1, 0.15) is 5.82 Å². The molecule has 2 aliphatic rings. The van der Waals surface area contributed by atoms with Gasteiger partial charge in [-0.25, -0.2) is 10.5 Å². The van der Waals surface area contributed by atoms with Crippen molar-refractivity contribution in [2.24, 2.45) is 12.5 Å². The topological polar surface area (TPSA) is 96.3 Å². The number of hydrogen-bond donors (Lipinski definition) is 3. The number of carbonyl (C=O) groups excluding carboxylic acids is 2. The van der Waals surface area contributed by atoms with Crippen LogP contribution in [0, 0.1) is 5.41 Å². The van der Waals surface area contributed by atoms with Crippen LogP contribution in [-0.4, -0.2) is 33.1 Å². The van der Waals surface area contributed by atoms with E-state index in [9.17, 15) is 9.59 Å². The predicted octanol–water partition coefficient (Wildman–Crippen LogP) is 2.47. The Morgan fingerprint density at radius 2 is 2.13 bits per heavy atom. The molecule has 7 heteroatoms. The number of nitrogens with one attached hydrogen (secondary N) is 2. The fourth-order valence-electron chi connectivity index (χ4n) is 5.32. The molecule has 7 nitrogen and oxygen atoms in total. The molecule has 30 heavy (non-hydrogen) atoms. The van der Waals surface area contributed by atoms with Gasteiger partial charge in [0.05, 0.1) is 16.4 Å². The summed E-state index contributed by atoms with van der Waals surface area (Å²) in [7, 11) is 2.02. The lowest BCUT2D eigenvalue weighted by Crippen LogP contribution is -2.41. The van der Waals surface area contributed by atoms with Gasteiger partial charge >= 0.3 is 0 Å². The molecule has 1 aliphatic heterocycles. The van der Waals surface area contributed by atoms with Gasteiger partial charge in [0.25, 0.3) is 5.91 Å². The second kappa shape index (κ2) is 6.95. The number of benzene rings is 2. The summed E-state index contributed by atoms with van der Waals surface area (Å²) in [4.78, 5) is 29.7. The van der Waals surface area contributed by atoms with Crippen LogP contribution in [-0.2, 0) is 24.7 Å². The van der Waals surface area contributed by atoms with E-state index in [0.29, 0.717) is 18.5 Å². The molecule has 2 aromatic carbocycles. The number of hydroxylamine groups is 1. The third-order valence-electron chi connectivity index (χ3n) is 6.96. The fraction of sp³-hybridized carbons (Fsp3) is 0.348. The maximum atomic E-state index is 13.0. The number of nitrogens with zero attached hydrogens (tertiary/aromatic N) is 2. The van der Waals surface area contributed by atoms with Crippen molar-refractivity contribution in [2.45, 2.75) is 31.6 Å². The summed E-state index contributed by atoms with van der Waals surface area (Å²) in [6, 6.07) is 13.5. The van der Waals surface area contributed by atoms with Gasteiger partial charge in [-0.1, -0.05) is 18.2 Å². The fourth-order valence-corrected chi connectivity index (χ4v) is 5.32. The quantitative estimate of drug-likeness (QED) is 0.462. The highest BCUT2D eigenvalue weighted by Crippen LogP contribution is 2.51. The van der Waals surface area contributed by atoms with Gasteiger partial charge in [0.15, 0.2) is 0 Å². The average Bonchev–Trinajstić information content (AvgIpc) is 3.29. The lowest BCUT2D eigenvalue weighted by Gasteiger charge is -2.40. The van der Waals surface area contributed by atoms with Crippen LogP contribution in [0.1, 0.15) is 46.1 Å². The minimum Gasteiger partial charge on any atom is -0.356 e. The molecule has 1 spiro atoms. The normalized spacial score (nSPS) is 22.9. The van der Waals surface area contributed by atoms with E-state index in [1.54, 1.807) is 11.5 Å². The van der Waals surface area contributed by atoms with Gasteiger partial charge in [-0.05, 0) is 54.7 Å². The monoisotopic (exact) mass is 404 g/mol. The zero-order valence-electron chi connectivity index (χ0n) is 16.8. The Kier molecular flexibility index (Phi) is 4.36. The van der Waals surface area contributed by atoms with E-state index >= 15 is 0 Å². The van der Waals surface area contributed by atoms with Crippen LogP contribution < -0.4 is 10.8 Å². The molecule has 1 saturated heterocycles. The van der Waals surface area contributed by atoms with Crippen LogP contribution in [0.3, 0.4) is 0 Å². The van der Waals surface area contributed by atoms with E-state index in [1.165, 1.54) is 0 Å². The number of fused-ring (bicyclic) bond motifs is 2. The van der Waals surface area contributed by atoms with Gasteiger partial charge in [-0.15, -0.1) is 0 Å². The largest absolute Gasteiger partial charge is 0.356 e. The van der Waals surface area contributed by atoms with Crippen molar-refractivity contribution in [1.29, 1.82) is 0 Å². The molecule has 154 valence electrons. The number of imidazole rings is 1. The van der Waals surface area contributed by atoms with Crippen molar-refractivity contribution in [1.82, 2.24) is 20.3 Å². The van der Waals surface area contributed by atoms with Crippen molar-refractivity contribution < 1.29 is 14.8 Å². The molecule has 3 N–H and O–H groups in total. The maximum absolute atomic E-state index is 13.0. The average molecular weight is 404 g/mol. The molecule has 0 bridgehead atoms. The Morgan fingerprint density at radius 1 is 1.30 bits per heavy atom. The second-order valence-corrected chi connectivity index (χ2v) is 8.35. The minimum absolute atomic E-state index is 0.0227. The second-order valence-electron chi connectivity index (χ2n) is 8.35. The molecule has 2 amide bonds. The predicted molar refractivity (Wildman–Crippen MR) is 111 cm³/mol. The molecular formula is C23H24N4O3. The number of para-hydroxylation sites is 2. The molecule has 3 aromatic rings. The molecule has 1 aliphatic carbocycles. The molecule has 5 rings (SSSR count). The summed E-state index contributed by atoms with van der Waals surface area (Å²) in [5, 5.41) is 12.0. The lowest BCUT2D eigenvalue weighted by molar-refractivity contribution is -0.129. The zero-order chi connectivity index (χ0) is 20.9. The smallest absolute Gasteiger partial charge is 0.274 e. The molecule has 0 saturated carbocycles. The van der Waals surface area contributed by atoms with Crippen molar-refractivity contribution in [3.05, 3.63) is 65.0 Å². The minimum atomic E-state index is -0.524. The lowest BCUT2D eigenvalue weighted by atomic mass is 9.61. The van der Waals surface area contributed by atoms with Crippen molar-refractivity contribution in [3.8, 4) is 0 Å². The van der Waals surface area contributed by atoms with E-state index in [2.05, 4.69) is 16.0 Å². The van der Waals surface area contributed by atoms with Crippen molar-refractivity contribution >= 4 is 22.8 Å². The summed E-state index contributed by atoms with van der Waals surface area (Å²) >= 11 is 0. The number of rotatable bonds is 3. The number of aromatic nitrogens is 2. The van der Waals surface area contributed by atoms with Gasteiger partial charge in [-0.2, -0.15) is 0 Å². The summed E-state index contributed by atoms with van der Waals surface area (Å²) in [5.41, 5.74) is 5.85. The van der Waals surface area contributed by atoms with Crippen LogP contribution in [0.25, 0.3) is 11.0 Å². The third-order valence-corrected chi connectivity index (χ3v) is 6.96. The summed E-state index contributed by atoms with van der Waals surface area (Å²) < 4.78 is 2.11. The van der Waals surface area contributed by atoms with Gasteiger partial charge in [0, 0.05) is 31.5 Å². The highest BCUT2D eigenvalue weighted by atomic mass is 16.5. The van der Waals surface area contributed by atoms with Crippen LogP contribution in [0.5, 0.6) is 0 Å². The molecule has 2 atom stereocenters. The number of hydrogen-bond acceptors (Lipinski definition) is 4. The van der Waals surface area contributed by atoms with E-state index in [-0.39, 0.29) is 11.8 Å². The Balaban J connectivity index is 1.61. The Bertz CT molecular complexity index is 1170. The van der Waals surface area contributed by atoms with E-state index in [4.69, 9.17) is 10.2 Å². The summed E-state index contributed by atoms with van der Waals surface area (Å²) in [6.45, 7) is 0.693. The Labute approximate surface area is 174 Å². The number of carbonyl (C=O) groups is 2. The SMILES string of the molecule is Cn1c(CC2c3ccc(C(=O)NO)cc3CC[C@@]23CCNC3=O)nc2ccccc21. The zero-order valence-corrected chi connectivity index (χ0v) is 16.8. The molecule has 1 unspecified atom stereocenters. The van der Waals surface area contributed by atoms with Gasteiger partial charge in [-0.3, -0.25) is 14.8 Å². The first-order valence-corrected chi connectivity index (χ1v) is 10.3. The highest BCUT2D eigenvalue weighted by Gasteiger charge is 2.51. The number of aryl methyl sites for hydroxylation is 2.